The van der Waals surface area contributed by atoms with Crippen molar-refractivity contribution in [2.24, 2.45) is 5.10 Å². The zero-order valence-corrected chi connectivity index (χ0v) is 18.5. The molecular weight excluding hydrogens is 418 g/mol. The maximum atomic E-state index is 15.1. The molecule has 1 fully saturated rings. The molecule has 32 heavy (non-hydrogen) atoms. The van der Waals surface area contributed by atoms with Gasteiger partial charge in [-0.25, -0.2) is 18.6 Å². The lowest BCUT2D eigenvalue weighted by molar-refractivity contribution is 0.190. The summed E-state index contributed by atoms with van der Waals surface area (Å²) in [6, 6.07) is 8.28. The predicted octanol–water partition coefficient (Wildman–Crippen LogP) is 3.84. The summed E-state index contributed by atoms with van der Waals surface area (Å²) in [4.78, 5) is 16.6. The standard InChI is InChI=1S/C23H26F2N4O3/c1-14-9-19-15(10-20(31-3)22(32-4)21(19)25)11-26-29(14)23(30)27(2)17-5-7-18(8-6-17)28-12-16(24)13-28/h5-8,10-11,14,16H,9,12-13H2,1-4H3. The van der Waals surface area contributed by atoms with E-state index in [2.05, 4.69) is 5.10 Å². The van der Waals surface area contributed by atoms with Crippen molar-refractivity contribution in [3.8, 4) is 11.5 Å². The van der Waals surface area contributed by atoms with Crippen LogP contribution in [-0.2, 0) is 6.42 Å². The summed E-state index contributed by atoms with van der Waals surface area (Å²) < 4.78 is 38.6. The van der Waals surface area contributed by atoms with E-state index in [1.54, 1.807) is 13.1 Å². The van der Waals surface area contributed by atoms with Crippen molar-refractivity contribution in [1.29, 1.82) is 0 Å². The van der Waals surface area contributed by atoms with Gasteiger partial charge in [-0.05, 0) is 43.7 Å². The molecule has 0 aromatic heterocycles. The number of anilines is 2. The number of hydrazone groups is 1. The average molecular weight is 444 g/mol. The number of carbonyl (C=O) groups excluding carboxylic acids is 1. The Bertz CT molecular complexity index is 1040. The molecule has 2 heterocycles. The van der Waals surface area contributed by atoms with Gasteiger partial charge in [-0.15, -0.1) is 0 Å². The Morgan fingerprint density at radius 3 is 2.47 bits per heavy atom. The summed E-state index contributed by atoms with van der Waals surface area (Å²) in [5.74, 6) is -0.217. The van der Waals surface area contributed by atoms with Gasteiger partial charge in [-0.2, -0.15) is 5.10 Å². The molecule has 9 heteroatoms. The predicted molar refractivity (Wildman–Crippen MR) is 119 cm³/mol. The number of hydrogen-bond donors (Lipinski definition) is 0. The minimum Gasteiger partial charge on any atom is -0.493 e. The first kappa shape index (κ1) is 21.9. The Labute approximate surface area is 185 Å². The number of hydrogen-bond acceptors (Lipinski definition) is 5. The van der Waals surface area contributed by atoms with Gasteiger partial charge in [-0.3, -0.25) is 4.90 Å². The second-order valence-electron chi connectivity index (χ2n) is 8.00. The molecule has 0 spiro atoms. The first-order chi connectivity index (χ1) is 15.3. The van der Waals surface area contributed by atoms with Gasteiger partial charge in [0.2, 0.25) is 0 Å². The molecule has 170 valence electrons. The molecule has 0 radical (unpaired) electrons. The third-order valence-corrected chi connectivity index (χ3v) is 5.91. The minimum absolute atomic E-state index is 0.0325. The van der Waals surface area contributed by atoms with Crippen molar-refractivity contribution in [1.82, 2.24) is 5.01 Å². The molecule has 0 bridgehead atoms. The minimum atomic E-state index is -0.782. The van der Waals surface area contributed by atoms with Crippen molar-refractivity contribution in [3.05, 3.63) is 47.3 Å². The third kappa shape index (κ3) is 3.83. The third-order valence-electron chi connectivity index (χ3n) is 5.91. The molecule has 0 N–H and O–H groups in total. The van der Waals surface area contributed by atoms with Crippen LogP contribution in [0.5, 0.6) is 11.5 Å². The maximum Gasteiger partial charge on any atom is 0.344 e. The van der Waals surface area contributed by atoms with Crippen molar-refractivity contribution >= 4 is 23.6 Å². The van der Waals surface area contributed by atoms with E-state index in [4.69, 9.17) is 9.47 Å². The van der Waals surface area contributed by atoms with Crippen LogP contribution in [0.1, 0.15) is 18.1 Å². The van der Waals surface area contributed by atoms with Crippen LogP contribution in [0, 0.1) is 5.82 Å². The Kier molecular flexibility index (Phi) is 5.90. The molecule has 2 amide bonds. The van der Waals surface area contributed by atoms with Crippen molar-refractivity contribution in [2.75, 3.05) is 44.2 Å². The molecule has 1 saturated heterocycles. The number of benzene rings is 2. The number of amides is 2. The molecule has 0 aliphatic carbocycles. The van der Waals surface area contributed by atoms with Crippen LogP contribution >= 0.6 is 0 Å². The van der Waals surface area contributed by atoms with Gasteiger partial charge in [0.15, 0.2) is 17.3 Å². The van der Waals surface area contributed by atoms with E-state index >= 15 is 4.39 Å². The smallest absolute Gasteiger partial charge is 0.344 e. The highest BCUT2D eigenvalue weighted by Crippen LogP contribution is 2.36. The fourth-order valence-electron chi connectivity index (χ4n) is 3.98. The van der Waals surface area contributed by atoms with Gasteiger partial charge in [0.25, 0.3) is 0 Å². The normalized spacial score (nSPS) is 18.0. The number of rotatable bonds is 4. The molecule has 1 atom stereocenters. The summed E-state index contributed by atoms with van der Waals surface area (Å²) >= 11 is 0. The van der Waals surface area contributed by atoms with Crippen LogP contribution in [0.2, 0.25) is 0 Å². The van der Waals surface area contributed by atoms with Crippen molar-refractivity contribution in [3.63, 3.8) is 0 Å². The summed E-state index contributed by atoms with van der Waals surface area (Å²) in [7, 11) is 4.48. The molecular formula is C23H26F2N4O3. The molecule has 0 saturated carbocycles. The average Bonchev–Trinajstić information content (AvgIpc) is 2.94. The highest BCUT2D eigenvalue weighted by molar-refractivity contribution is 5.93. The molecule has 1 unspecified atom stereocenters. The lowest BCUT2D eigenvalue weighted by Crippen LogP contribution is -2.48. The number of ether oxygens (including phenoxy) is 2. The summed E-state index contributed by atoms with van der Waals surface area (Å²) in [6.45, 7) is 2.59. The van der Waals surface area contributed by atoms with E-state index in [1.807, 2.05) is 36.1 Å². The highest BCUT2D eigenvalue weighted by Gasteiger charge is 2.30. The molecule has 2 aromatic rings. The molecule has 2 aliphatic rings. The van der Waals surface area contributed by atoms with Gasteiger partial charge < -0.3 is 14.4 Å². The largest absolute Gasteiger partial charge is 0.493 e. The van der Waals surface area contributed by atoms with Gasteiger partial charge >= 0.3 is 6.03 Å². The zero-order valence-electron chi connectivity index (χ0n) is 18.5. The second-order valence-corrected chi connectivity index (χ2v) is 8.00. The van der Waals surface area contributed by atoms with Crippen LogP contribution in [0.15, 0.2) is 35.4 Å². The monoisotopic (exact) mass is 444 g/mol. The van der Waals surface area contributed by atoms with Crippen LogP contribution in [0.25, 0.3) is 0 Å². The number of urea groups is 1. The Hall–Kier alpha value is -3.36. The second kappa shape index (κ2) is 8.64. The van der Waals surface area contributed by atoms with E-state index in [9.17, 15) is 9.18 Å². The zero-order chi connectivity index (χ0) is 23.0. The summed E-state index contributed by atoms with van der Waals surface area (Å²) in [6.07, 6.45) is 0.949. The quantitative estimate of drug-likeness (QED) is 0.719. The van der Waals surface area contributed by atoms with E-state index in [0.717, 1.165) is 5.69 Å². The van der Waals surface area contributed by atoms with Crippen LogP contribution < -0.4 is 19.3 Å². The number of carbonyl (C=O) groups is 1. The SMILES string of the molecule is COc1cc2c(c(F)c1OC)CC(C)N(C(=O)N(C)c1ccc(N3CC(F)C3)cc1)N=C2. The number of alkyl halides is 1. The van der Waals surface area contributed by atoms with E-state index in [0.29, 0.717) is 29.9 Å². The van der Waals surface area contributed by atoms with Gasteiger partial charge in [0.05, 0.1) is 39.6 Å². The molecule has 2 aromatic carbocycles. The summed E-state index contributed by atoms with van der Waals surface area (Å²) in [5, 5.41) is 5.69. The maximum absolute atomic E-state index is 15.1. The number of halogens is 2. The summed E-state index contributed by atoms with van der Waals surface area (Å²) in [5.41, 5.74) is 2.55. The first-order valence-electron chi connectivity index (χ1n) is 10.4. The first-order valence-corrected chi connectivity index (χ1v) is 10.4. The number of nitrogens with zero attached hydrogens (tertiary/aromatic N) is 4. The van der Waals surface area contributed by atoms with Crippen molar-refractivity contribution in [2.45, 2.75) is 25.6 Å². The number of methoxy groups -OCH3 is 2. The Morgan fingerprint density at radius 2 is 1.88 bits per heavy atom. The highest BCUT2D eigenvalue weighted by atomic mass is 19.1. The molecule has 4 rings (SSSR count). The Morgan fingerprint density at radius 1 is 1.19 bits per heavy atom. The fraction of sp³-hybridized carbons (Fsp3) is 0.391. The van der Waals surface area contributed by atoms with Crippen molar-refractivity contribution < 1.29 is 23.0 Å². The van der Waals surface area contributed by atoms with E-state index < -0.39 is 18.0 Å². The topological polar surface area (TPSA) is 57.6 Å². The molecule has 2 aliphatic heterocycles. The van der Waals surface area contributed by atoms with Gasteiger partial charge in [0, 0.05) is 29.5 Å². The van der Waals surface area contributed by atoms with Gasteiger partial charge in [-0.1, -0.05) is 0 Å². The number of fused-ring (bicyclic) bond motifs is 1. The molecule has 7 nitrogen and oxygen atoms in total. The van der Waals surface area contributed by atoms with Crippen LogP contribution in [0.3, 0.4) is 0 Å². The lowest BCUT2D eigenvalue weighted by atomic mass is 10.00. The van der Waals surface area contributed by atoms with E-state index in [1.165, 1.54) is 30.3 Å². The fourth-order valence-corrected chi connectivity index (χ4v) is 3.98. The van der Waals surface area contributed by atoms with Gasteiger partial charge in [0.1, 0.15) is 6.17 Å². The van der Waals surface area contributed by atoms with E-state index in [-0.39, 0.29) is 24.0 Å². The Balaban J connectivity index is 1.54. The lowest BCUT2D eigenvalue weighted by Gasteiger charge is -2.36. The van der Waals surface area contributed by atoms with Crippen LogP contribution in [-0.4, -0.2) is 63.8 Å². The van der Waals surface area contributed by atoms with Crippen LogP contribution in [0.4, 0.5) is 25.0 Å².